The lowest BCUT2D eigenvalue weighted by Crippen LogP contribution is -2.28. The summed E-state index contributed by atoms with van der Waals surface area (Å²) < 4.78 is 2.05. The number of nitrogens with zero attached hydrogens (tertiary/aromatic N) is 2. The third-order valence-corrected chi connectivity index (χ3v) is 3.35. The number of rotatable bonds is 4. The molecule has 0 atom stereocenters. The van der Waals surface area contributed by atoms with Crippen LogP contribution in [0.4, 0.5) is 0 Å². The molecule has 2 heterocycles. The van der Waals surface area contributed by atoms with Gasteiger partial charge in [0, 0.05) is 31.0 Å². The van der Waals surface area contributed by atoms with Gasteiger partial charge < -0.3 is 14.4 Å². The summed E-state index contributed by atoms with van der Waals surface area (Å²) in [5.41, 5.74) is 2.38. The smallest absolute Gasteiger partial charge is 0.119 e. The number of aromatic nitrogens is 1. The van der Waals surface area contributed by atoms with Gasteiger partial charge in [0.25, 0.3) is 0 Å². The van der Waals surface area contributed by atoms with Crippen molar-refractivity contribution in [3.05, 3.63) is 36.2 Å². The molecular formula is C14H20N2O. The van der Waals surface area contributed by atoms with Gasteiger partial charge in [-0.2, -0.15) is 0 Å². The van der Waals surface area contributed by atoms with E-state index in [1.54, 1.807) is 6.07 Å². The zero-order chi connectivity index (χ0) is 12.4. The van der Waals surface area contributed by atoms with Crippen molar-refractivity contribution < 1.29 is 5.11 Å². The first kappa shape index (κ1) is 12.0. The highest BCUT2D eigenvalue weighted by atomic mass is 16.3. The van der Waals surface area contributed by atoms with Crippen LogP contribution in [-0.2, 0) is 6.42 Å². The maximum atomic E-state index is 9.51. The van der Waals surface area contributed by atoms with Gasteiger partial charge in [0.05, 0.1) is 5.52 Å². The molecule has 2 aromatic heterocycles. The summed E-state index contributed by atoms with van der Waals surface area (Å²) in [7, 11) is 2.14. The van der Waals surface area contributed by atoms with Gasteiger partial charge in [0.1, 0.15) is 5.75 Å². The van der Waals surface area contributed by atoms with E-state index in [-0.39, 0.29) is 0 Å². The van der Waals surface area contributed by atoms with E-state index in [1.165, 1.54) is 5.56 Å². The van der Waals surface area contributed by atoms with E-state index in [2.05, 4.69) is 31.9 Å². The summed E-state index contributed by atoms with van der Waals surface area (Å²) in [5.74, 6) is 0.328. The molecule has 2 aromatic rings. The number of hydrogen-bond acceptors (Lipinski definition) is 2. The Hall–Kier alpha value is -1.48. The lowest BCUT2D eigenvalue weighted by atomic mass is 10.1. The molecule has 0 radical (unpaired) electrons. The molecule has 0 saturated carbocycles. The van der Waals surface area contributed by atoms with Gasteiger partial charge in [0.2, 0.25) is 0 Å². The molecule has 17 heavy (non-hydrogen) atoms. The Kier molecular flexibility index (Phi) is 3.38. The van der Waals surface area contributed by atoms with Crippen LogP contribution in [0.25, 0.3) is 5.52 Å². The quantitative estimate of drug-likeness (QED) is 0.877. The third-order valence-electron chi connectivity index (χ3n) is 3.35. The van der Waals surface area contributed by atoms with Crippen molar-refractivity contribution >= 4 is 5.52 Å². The van der Waals surface area contributed by atoms with Crippen LogP contribution in [0.3, 0.4) is 0 Å². The Morgan fingerprint density at radius 2 is 2.00 bits per heavy atom. The van der Waals surface area contributed by atoms with E-state index in [4.69, 9.17) is 0 Å². The van der Waals surface area contributed by atoms with Crippen LogP contribution in [0.15, 0.2) is 30.6 Å². The number of likely N-dealkylation sites (N-methyl/N-ethyl adjacent to an activating group) is 1. The molecule has 3 heteroatoms. The van der Waals surface area contributed by atoms with Gasteiger partial charge in [0.15, 0.2) is 0 Å². The molecule has 2 rings (SSSR count). The van der Waals surface area contributed by atoms with E-state index in [0.717, 1.165) is 18.5 Å². The summed E-state index contributed by atoms with van der Waals surface area (Å²) in [6.07, 6.45) is 4.94. The first-order valence-corrected chi connectivity index (χ1v) is 6.06. The molecule has 0 aromatic carbocycles. The molecule has 0 bridgehead atoms. The van der Waals surface area contributed by atoms with Crippen molar-refractivity contribution in [1.29, 1.82) is 0 Å². The van der Waals surface area contributed by atoms with Crippen LogP contribution in [0.2, 0.25) is 0 Å². The minimum absolute atomic E-state index is 0.328. The Morgan fingerprint density at radius 1 is 1.29 bits per heavy atom. The highest BCUT2D eigenvalue weighted by Crippen LogP contribution is 2.18. The highest BCUT2D eigenvalue weighted by Gasteiger charge is 2.07. The fraction of sp³-hybridized carbons (Fsp3) is 0.429. The Balaban J connectivity index is 2.16. The van der Waals surface area contributed by atoms with Gasteiger partial charge in [-0.25, -0.2) is 0 Å². The van der Waals surface area contributed by atoms with Crippen LogP contribution in [-0.4, -0.2) is 34.0 Å². The average molecular weight is 232 g/mol. The number of hydrogen-bond donors (Lipinski definition) is 1. The zero-order valence-corrected chi connectivity index (χ0v) is 10.7. The van der Waals surface area contributed by atoms with Crippen molar-refractivity contribution in [2.45, 2.75) is 26.3 Å². The van der Waals surface area contributed by atoms with Crippen LogP contribution in [0, 0.1) is 0 Å². The minimum Gasteiger partial charge on any atom is -0.508 e. The molecule has 0 saturated heterocycles. The number of fused-ring (bicyclic) bond motifs is 1. The van der Waals surface area contributed by atoms with Gasteiger partial charge in [-0.05, 0) is 45.0 Å². The molecule has 0 amide bonds. The predicted molar refractivity (Wildman–Crippen MR) is 70.5 cm³/mol. The van der Waals surface area contributed by atoms with Crippen LogP contribution in [0.1, 0.15) is 19.4 Å². The van der Waals surface area contributed by atoms with Crippen molar-refractivity contribution in [2.24, 2.45) is 0 Å². The molecular weight excluding hydrogens is 212 g/mol. The normalized spacial score (nSPS) is 11.8. The molecule has 92 valence electrons. The van der Waals surface area contributed by atoms with Gasteiger partial charge in [-0.15, -0.1) is 0 Å². The van der Waals surface area contributed by atoms with Crippen molar-refractivity contribution in [2.75, 3.05) is 13.6 Å². The molecule has 3 nitrogen and oxygen atoms in total. The van der Waals surface area contributed by atoms with Crippen molar-refractivity contribution in [3.63, 3.8) is 0 Å². The molecule has 0 aliphatic heterocycles. The second kappa shape index (κ2) is 4.80. The van der Waals surface area contributed by atoms with E-state index >= 15 is 0 Å². The van der Waals surface area contributed by atoms with Crippen molar-refractivity contribution in [3.8, 4) is 5.75 Å². The molecule has 0 unspecified atom stereocenters. The maximum absolute atomic E-state index is 9.51. The molecule has 0 aliphatic rings. The van der Waals surface area contributed by atoms with Gasteiger partial charge >= 0.3 is 0 Å². The SMILES string of the molecule is CC(C)N(C)CCc1ccn2ccc(O)cc12. The largest absolute Gasteiger partial charge is 0.508 e. The summed E-state index contributed by atoms with van der Waals surface area (Å²) in [6, 6.07) is 6.22. The van der Waals surface area contributed by atoms with Crippen LogP contribution in [0.5, 0.6) is 5.75 Å². The maximum Gasteiger partial charge on any atom is 0.119 e. The van der Waals surface area contributed by atoms with E-state index < -0.39 is 0 Å². The van der Waals surface area contributed by atoms with Gasteiger partial charge in [-0.1, -0.05) is 0 Å². The summed E-state index contributed by atoms with van der Waals surface area (Å²) in [6.45, 7) is 5.43. The lowest BCUT2D eigenvalue weighted by molar-refractivity contribution is 0.278. The molecule has 0 spiro atoms. The first-order chi connectivity index (χ1) is 8.08. The fourth-order valence-corrected chi connectivity index (χ4v) is 1.91. The third kappa shape index (κ3) is 2.61. The zero-order valence-electron chi connectivity index (χ0n) is 10.7. The molecule has 1 N–H and O–H groups in total. The lowest BCUT2D eigenvalue weighted by Gasteiger charge is -2.20. The Labute approximate surface area is 102 Å². The van der Waals surface area contributed by atoms with E-state index in [0.29, 0.717) is 11.8 Å². The van der Waals surface area contributed by atoms with E-state index in [9.17, 15) is 5.11 Å². The standard InChI is InChI=1S/C14H20N2O/c1-11(2)15(3)7-4-12-5-8-16-9-6-13(17)10-14(12)16/h5-6,8-11,17H,4,7H2,1-3H3. The first-order valence-electron chi connectivity index (χ1n) is 6.06. The fourth-order valence-electron chi connectivity index (χ4n) is 1.91. The highest BCUT2D eigenvalue weighted by molar-refractivity contribution is 5.58. The second-order valence-electron chi connectivity index (χ2n) is 4.84. The minimum atomic E-state index is 0.328. The van der Waals surface area contributed by atoms with Crippen LogP contribution >= 0.6 is 0 Å². The Bertz CT molecular complexity index is 502. The topological polar surface area (TPSA) is 27.9 Å². The van der Waals surface area contributed by atoms with E-state index in [1.807, 2.05) is 22.9 Å². The molecule has 0 aliphatic carbocycles. The predicted octanol–water partition coefficient (Wildman–Crippen LogP) is 2.53. The monoisotopic (exact) mass is 232 g/mol. The Morgan fingerprint density at radius 3 is 2.71 bits per heavy atom. The number of aromatic hydroxyl groups is 1. The summed E-state index contributed by atoms with van der Waals surface area (Å²) >= 11 is 0. The van der Waals surface area contributed by atoms with Crippen LogP contribution < -0.4 is 0 Å². The summed E-state index contributed by atoms with van der Waals surface area (Å²) in [5, 5.41) is 9.51. The average Bonchev–Trinajstić information content (AvgIpc) is 2.68. The summed E-state index contributed by atoms with van der Waals surface area (Å²) in [4.78, 5) is 2.33. The van der Waals surface area contributed by atoms with Gasteiger partial charge in [-0.3, -0.25) is 0 Å². The molecule has 0 fully saturated rings. The second-order valence-corrected chi connectivity index (χ2v) is 4.84. The number of pyridine rings is 1. The van der Waals surface area contributed by atoms with Crippen molar-refractivity contribution in [1.82, 2.24) is 9.30 Å².